The quantitative estimate of drug-likeness (QED) is 0.486. The molecule has 0 saturated heterocycles. The van der Waals surface area contributed by atoms with Crippen molar-refractivity contribution in [2.24, 2.45) is 0 Å². The van der Waals surface area contributed by atoms with Crippen molar-refractivity contribution < 1.29 is 0 Å². The highest BCUT2D eigenvalue weighted by Gasteiger charge is 2.09. The Labute approximate surface area is 150 Å². The molecule has 0 atom stereocenters. The van der Waals surface area contributed by atoms with Crippen LogP contribution in [-0.4, -0.2) is 19.6 Å². The van der Waals surface area contributed by atoms with Crippen LogP contribution in [0.4, 0.5) is 0 Å². The Morgan fingerprint density at radius 3 is 2.73 bits per heavy atom. The zero-order chi connectivity index (χ0) is 17.3. The van der Waals surface area contributed by atoms with Gasteiger partial charge in [0, 0.05) is 35.3 Å². The fraction of sp³-hybridized carbons (Fsp3) is 0.0455. The zero-order valence-electron chi connectivity index (χ0n) is 14.1. The number of aromatic nitrogens is 4. The standard InChI is InChI=1S/C22H16N4/c1-2-5-17(6-3-1)21-10-12-26-22(25-21)19(15-24-26)14-16-8-9-20-18(13-16)7-4-11-23-20/h1-13,15H,14H2. The molecule has 26 heavy (non-hydrogen) atoms. The van der Waals surface area contributed by atoms with Gasteiger partial charge in [0.1, 0.15) is 0 Å². The summed E-state index contributed by atoms with van der Waals surface area (Å²) < 4.78 is 1.84. The van der Waals surface area contributed by atoms with Gasteiger partial charge >= 0.3 is 0 Å². The van der Waals surface area contributed by atoms with Crippen molar-refractivity contribution >= 4 is 16.6 Å². The van der Waals surface area contributed by atoms with Crippen LogP contribution >= 0.6 is 0 Å². The van der Waals surface area contributed by atoms with Crippen molar-refractivity contribution in [1.29, 1.82) is 0 Å². The van der Waals surface area contributed by atoms with Crippen molar-refractivity contribution in [3.8, 4) is 11.3 Å². The lowest BCUT2D eigenvalue weighted by atomic mass is 10.0. The van der Waals surface area contributed by atoms with Crippen molar-refractivity contribution in [2.75, 3.05) is 0 Å². The molecule has 0 amide bonds. The maximum absolute atomic E-state index is 4.85. The fourth-order valence-corrected chi connectivity index (χ4v) is 3.27. The van der Waals surface area contributed by atoms with Crippen LogP contribution in [0.25, 0.3) is 27.8 Å². The summed E-state index contributed by atoms with van der Waals surface area (Å²) in [6.45, 7) is 0. The summed E-state index contributed by atoms with van der Waals surface area (Å²) in [5.41, 5.74) is 6.33. The van der Waals surface area contributed by atoms with E-state index in [1.807, 2.05) is 53.4 Å². The molecule has 0 N–H and O–H groups in total. The monoisotopic (exact) mass is 336 g/mol. The van der Waals surface area contributed by atoms with Crippen LogP contribution in [0.15, 0.2) is 85.3 Å². The first-order valence-corrected chi connectivity index (χ1v) is 8.59. The van der Waals surface area contributed by atoms with E-state index in [9.17, 15) is 0 Å². The second-order valence-corrected chi connectivity index (χ2v) is 6.32. The smallest absolute Gasteiger partial charge is 0.159 e. The van der Waals surface area contributed by atoms with Crippen LogP contribution in [0.2, 0.25) is 0 Å². The molecule has 0 spiro atoms. The van der Waals surface area contributed by atoms with Gasteiger partial charge in [-0.1, -0.05) is 42.5 Å². The van der Waals surface area contributed by atoms with E-state index in [1.54, 1.807) is 0 Å². The van der Waals surface area contributed by atoms with Gasteiger partial charge in [0.25, 0.3) is 0 Å². The third-order valence-electron chi connectivity index (χ3n) is 4.57. The Morgan fingerprint density at radius 1 is 0.885 bits per heavy atom. The molecule has 0 aliphatic carbocycles. The summed E-state index contributed by atoms with van der Waals surface area (Å²) in [6, 6.07) is 22.7. The van der Waals surface area contributed by atoms with Gasteiger partial charge in [0.05, 0.1) is 17.4 Å². The van der Waals surface area contributed by atoms with Crippen molar-refractivity contribution in [1.82, 2.24) is 19.6 Å². The highest BCUT2D eigenvalue weighted by Crippen LogP contribution is 2.21. The Kier molecular flexibility index (Phi) is 3.46. The molecule has 5 rings (SSSR count). The molecule has 0 radical (unpaired) electrons. The lowest BCUT2D eigenvalue weighted by Gasteiger charge is -2.04. The minimum absolute atomic E-state index is 0.791. The summed E-state index contributed by atoms with van der Waals surface area (Å²) in [5, 5.41) is 5.61. The largest absolute Gasteiger partial charge is 0.256 e. The van der Waals surface area contributed by atoms with E-state index in [0.717, 1.165) is 39.8 Å². The van der Waals surface area contributed by atoms with E-state index in [1.165, 1.54) is 5.56 Å². The number of nitrogens with zero attached hydrogens (tertiary/aromatic N) is 4. The summed E-state index contributed by atoms with van der Waals surface area (Å²) in [7, 11) is 0. The molecule has 0 aliphatic rings. The molecule has 4 heteroatoms. The highest BCUT2D eigenvalue weighted by atomic mass is 15.2. The summed E-state index contributed by atoms with van der Waals surface area (Å²) in [6.07, 6.45) is 6.49. The fourth-order valence-electron chi connectivity index (χ4n) is 3.27. The third-order valence-corrected chi connectivity index (χ3v) is 4.57. The van der Waals surface area contributed by atoms with Crippen LogP contribution in [0.3, 0.4) is 0 Å². The van der Waals surface area contributed by atoms with Gasteiger partial charge in [-0.15, -0.1) is 0 Å². The van der Waals surface area contributed by atoms with Crippen molar-refractivity contribution in [3.05, 3.63) is 96.4 Å². The Morgan fingerprint density at radius 2 is 1.81 bits per heavy atom. The van der Waals surface area contributed by atoms with Gasteiger partial charge in [0.15, 0.2) is 5.65 Å². The van der Waals surface area contributed by atoms with E-state index in [2.05, 4.69) is 46.5 Å². The van der Waals surface area contributed by atoms with Gasteiger partial charge in [-0.2, -0.15) is 5.10 Å². The molecule has 5 aromatic rings. The Balaban J connectivity index is 1.55. The van der Waals surface area contributed by atoms with Crippen molar-refractivity contribution in [2.45, 2.75) is 6.42 Å². The molecule has 3 aromatic heterocycles. The predicted octanol–water partition coefficient (Wildman–Crippen LogP) is 4.54. The lowest BCUT2D eigenvalue weighted by Crippen LogP contribution is -1.95. The second-order valence-electron chi connectivity index (χ2n) is 6.32. The second kappa shape index (κ2) is 6.08. The molecule has 2 aromatic carbocycles. The van der Waals surface area contributed by atoms with Gasteiger partial charge in [-0.25, -0.2) is 9.50 Å². The maximum atomic E-state index is 4.85. The zero-order valence-corrected chi connectivity index (χ0v) is 14.1. The van der Waals surface area contributed by atoms with Gasteiger partial charge in [0.2, 0.25) is 0 Å². The third kappa shape index (κ3) is 2.62. The minimum atomic E-state index is 0.791. The van der Waals surface area contributed by atoms with E-state index >= 15 is 0 Å². The highest BCUT2D eigenvalue weighted by molar-refractivity contribution is 5.79. The lowest BCUT2D eigenvalue weighted by molar-refractivity contribution is 0.941. The number of rotatable bonds is 3. The molecular weight excluding hydrogens is 320 g/mol. The first-order valence-electron chi connectivity index (χ1n) is 8.59. The molecule has 3 heterocycles. The predicted molar refractivity (Wildman–Crippen MR) is 103 cm³/mol. The summed E-state index contributed by atoms with van der Waals surface area (Å²) in [4.78, 5) is 9.24. The Hall–Kier alpha value is -3.53. The molecule has 0 saturated carbocycles. The molecule has 124 valence electrons. The Bertz CT molecular complexity index is 1210. The number of hydrogen-bond donors (Lipinski definition) is 0. The van der Waals surface area contributed by atoms with Crippen LogP contribution in [0.5, 0.6) is 0 Å². The van der Waals surface area contributed by atoms with E-state index in [-0.39, 0.29) is 0 Å². The van der Waals surface area contributed by atoms with Crippen LogP contribution in [0.1, 0.15) is 11.1 Å². The van der Waals surface area contributed by atoms with Crippen LogP contribution in [-0.2, 0) is 6.42 Å². The number of fused-ring (bicyclic) bond motifs is 2. The van der Waals surface area contributed by atoms with E-state index in [0.29, 0.717) is 0 Å². The number of benzene rings is 2. The first kappa shape index (κ1) is 14.8. The summed E-state index contributed by atoms with van der Waals surface area (Å²) in [5.74, 6) is 0. The van der Waals surface area contributed by atoms with E-state index in [4.69, 9.17) is 4.98 Å². The molecular formula is C22H16N4. The molecule has 4 nitrogen and oxygen atoms in total. The van der Waals surface area contributed by atoms with Gasteiger partial charge < -0.3 is 0 Å². The molecule has 0 unspecified atom stereocenters. The molecule has 0 bridgehead atoms. The number of hydrogen-bond acceptors (Lipinski definition) is 3. The van der Waals surface area contributed by atoms with Gasteiger partial charge in [-0.05, 0) is 29.8 Å². The summed E-state index contributed by atoms with van der Waals surface area (Å²) >= 11 is 0. The average molecular weight is 336 g/mol. The average Bonchev–Trinajstić information content (AvgIpc) is 3.10. The van der Waals surface area contributed by atoms with Crippen LogP contribution < -0.4 is 0 Å². The minimum Gasteiger partial charge on any atom is -0.256 e. The normalized spacial score (nSPS) is 11.2. The maximum Gasteiger partial charge on any atom is 0.159 e. The van der Waals surface area contributed by atoms with Gasteiger partial charge in [-0.3, -0.25) is 4.98 Å². The first-order chi connectivity index (χ1) is 12.9. The molecule has 0 aliphatic heterocycles. The topological polar surface area (TPSA) is 43.1 Å². The number of pyridine rings is 1. The van der Waals surface area contributed by atoms with Crippen LogP contribution in [0, 0.1) is 0 Å². The van der Waals surface area contributed by atoms with E-state index < -0.39 is 0 Å². The SMILES string of the molecule is c1ccc(-c2ccn3ncc(Cc4ccc5ncccc5c4)c3n2)cc1. The van der Waals surface area contributed by atoms with Crippen molar-refractivity contribution in [3.63, 3.8) is 0 Å². The molecule has 0 fully saturated rings.